The number of fused-ring (bicyclic) bond motifs is 6. The Morgan fingerprint density at radius 3 is 0.639 bits per heavy atom. The molecule has 13 aromatic carbocycles. The van der Waals surface area contributed by atoms with Crippen LogP contribution in [0.15, 0.2) is 14.9 Å². The molecule has 35 heteroatoms. The van der Waals surface area contributed by atoms with Gasteiger partial charge in [0.15, 0.2) is 0 Å². The molecular weight excluding hydrogens is 1130 g/mol. The van der Waals surface area contributed by atoms with Gasteiger partial charge in [0.25, 0.3) is 0 Å². The summed E-state index contributed by atoms with van der Waals surface area (Å²) in [5.41, 5.74) is 58.3. The molecule has 2 aromatic heterocycles. The van der Waals surface area contributed by atoms with Crippen molar-refractivity contribution < 1.29 is 8.83 Å². The van der Waals surface area contributed by atoms with Gasteiger partial charge in [0, 0.05) is 21.5 Å². The van der Waals surface area contributed by atoms with Gasteiger partial charge in [-0.15, -0.1) is 21.9 Å². The summed E-state index contributed by atoms with van der Waals surface area (Å²) < 4.78 is 14.8. The van der Waals surface area contributed by atoms with Crippen LogP contribution in [0.1, 0.15) is 0 Å². The van der Waals surface area contributed by atoms with E-state index in [1.54, 1.807) is 0 Å². The maximum atomic E-state index is 7.38. The minimum absolute atomic E-state index is 0.997. The topological polar surface area (TPSA) is 26.3 Å². The van der Waals surface area contributed by atoms with E-state index in [1.165, 1.54) is 311 Å². The van der Waals surface area contributed by atoms with Crippen molar-refractivity contribution in [2.75, 3.05) is 0 Å². The Labute approximate surface area is 602 Å². The van der Waals surface area contributed by atoms with Crippen molar-refractivity contribution in [3.63, 3.8) is 0 Å². The molecule has 0 atom stereocenters. The van der Waals surface area contributed by atoms with Gasteiger partial charge < -0.3 is 8.83 Å². The lowest BCUT2D eigenvalue weighted by atomic mass is 9.56. The third-order valence-corrected chi connectivity index (χ3v) is 27.9. The average Bonchev–Trinajstić information content (AvgIpc) is 1.40. The highest BCUT2D eigenvalue weighted by atomic mass is 16.3. The third kappa shape index (κ3) is 7.99. The molecule has 0 saturated heterocycles. The van der Waals surface area contributed by atoms with Crippen LogP contribution in [-0.2, 0) is 0 Å². The van der Waals surface area contributed by atoms with Gasteiger partial charge in [0.2, 0.25) is 0 Å². The Bertz CT molecular complexity index is 6350. The van der Waals surface area contributed by atoms with Gasteiger partial charge in [-0.3, -0.25) is 0 Å². The number of hydrogen-bond acceptors (Lipinski definition) is 2. The molecule has 0 N–H and O–H groups in total. The van der Waals surface area contributed by atoms with E-state index >= 15 is 0 Å². The van der Waals surface area contributed by atoms with E-state index in [2.05, 4.69) is 265 Å². The predicted molar refractivity (Wildman–Crippen MR) is 540 cm³/mol. The van der Waals surface area contributed by atoms with Gasteiger partial charge in [0.05, 0.1) is 0 Å². The minimum atomic E-state index is 0.997. The molecular formula is C62H67B33O2. The molecule has 2 nitrogen and oxygen atoms in total. The van der Waals surface area contributed by atoms with Gasteiger partial charge >= 0.3 is 0 Å². The number of rotatable bonds is 4. The summed E-state index contributed by atoms with van der Waals surface area (Å²) >= 11 is 0. The smallest absolute Gasteiger partial charge is 0.143 e. The highest BCUT2D eigenvalue weighted by Crippen LogP contribution is 2.45. The zero-order valence-corrected chi connectivity index (χ0v) is 64.9. The van der Waals surface area contributed by atoms with Crippen LogP contribution in [-0.4, -0.2) is 259 Å². The summed E-state index contributed by atoms with van der Waals surface area (Å²) in [5, 5.41) is 21.9. The van der Waals surface area contributed by atoms with Crippen LogP contribution >= 0.6 is 0 Å². The third-order valence-electron chi connectivity index (χ3n) is 27.9. The molecule has 0 fully saturated rings. The molecule has 426 valence electrons. The molecule has 0 aliphatic heterocycles. The quantitative estimate of drug-likeness (QED) is 0.130. The number of benzene rings is 13. The van der Waals surface area contributed by atoms with Crippen molar-refractivity contribution in [2.24, 2.45) is 0 Å². The highest BCUT2D eigenvalue weighted by Gasteiger charge is 2.35. The largest absolute Gasteiger partial charge is 0.457 e. The molecule has 0 unspecified atom stereocenters. The summed E-state index contributed by atoms with van der Waals surface area (Å²) in [5.74, 6) is 0. The summed E-state index contributed by atoms with van der Waals surface area (Å²) in [6.07, 6.45) is 0. The summed E-state index contributed by atoms with van der Waals surface area (Å²) in [6.45, 7) is 0. The van der Waals surface area contributed by atoms with Gasteiger partial charge in [0.1, 0.15) is 281 Å². The van der Waals surface area contributed by atoms with Crippen molar-refractivity contribution in [3.8, 4) is 44.5 Å². The highest BCUT2D eigenvalue weighted by molar-refractivity contribution is 6.80. The SMILES string of the molecule is Bc1c(-c2c(B)c(B)c3c(B)c(B)c4c(B)c(B)c(B)c5c(B)c(B)c2c3c45)cc(-c2c(B)c(B)c3c(B)c(B)c4c(B)c(B)c(B)c5c(B)c(B)c2c3c45)c(-c2c(B)c(B)c3oc4c(B)c(B)c(B)c(B)c4c3c2B)c1-c1c(B)c(B)c2oc3c(B)c(B)c(B)c(B)c3c2c1B. The first-order valence-corrected chi connectivity index (χ1v) is 35.9. The minimum Gasteiger partial charge on any atom is -0.457 e. The van der Waals surface area contributed by atoms with Gasteiger partial charge in [-0.1, -0.05) is 158 Å². The van der Waals surface area contributed by atoms with Crippen molar-refractivity contribution in [1.29, 1.82) is 0 Å². The Morgan fingerprint density at radius 2 is 0.320 bits per heavy atom. The Morgan fingerprint density at radius 1 is 0.124 bits per heavy atom. The van der Waals surface area contributed by atoms with Crippen molar-refractivity contribution >= 4 is 548 Å². The van der Waals surface area contributed by atoms with E-state index in [1.807, 2.05) is 0 Å². The van der Waals surface area contributed by atoms with Crippen LogP contribution in [0.3, 0.4) is 0 Å². The van der Waals surface area contributed by atoms with Crippen LogP contribution in [0.4, 0.5) is 0 Å². The fourth-order valence-corrected chi connectivity index (χ4v) is 20.3. The van der Waals surface area contributed by atoms with Crippen LogP contribution in [0.5, 0.6) is 0 Å². The van der Waals surface area contributed by atoms with Crippen LogP contribution in [0.2, 0.25) is 0 Å². The lowest BCUT2D eigenvalue weighted by Crippen LogP contribution is -2.48. The van der Waals surface area contributed by atoms with E-state index < -0.39 is 0 Å². The summed E-state index contributed by atoms with van der Waals surface area (Å²) in [4.78, 5) is 0. The normalized spacial score (nSPS) is 12.2. The van der Waals surface area contributed by atoms with Crippen LogP contribution in [0, 0.1) is 0 Å². The van der Waals surface area contributed by atoms with E-state index in [0.717, 1.165) is 22.3 Å². The predicted octanol–water partition coefficient (Wildman–Crippen LogP) is -39.5. The molecule has 15 rings (SSSR count). The fourth-order valence-electron chi connectivity index (χ4n) is 20.3. The second-order valence-electron chi connectivity index (χ2n) is 31.4. The molecule has 15 aromatic rings. The molecule has 0 radical (unpaired) electrons. The summed E-state index contributed by atoms with van der Waals surface area (Å²) in [7, 11) is 78.9. The fraction of sp³-hybridized carbons (Fsp3) is 0. The van der Waals surface area contributed by atoms with Gasteiger partial charge in [-0.05, 0) is 115 Å². The van der Waals surface area contributed by atoms with Crippen molar-refractivity contribution in [3.05, 3.63) is 6.07 Å². The monoisotopic (exact) mass is 1210 g/mol. The molecule has 97 heavy (non-hydrogen) atoms. The Balaban J connectivity index is 1.30. The molecule has 0 amide bonds. The number of furan rings is 2. The zero-order chi connectivity index (χ0) is 70.3. The lowest BCUT2D eigenvalue weighted by Gasteiger charge is -2.33. The maximum Gasteiger partial charge on any atom is 0.143 e. The molecule has 2 heterocycles. The van der Waals surface area contributed by atoms with Gasteiger partial charge in [-0.25, -0.2) is 0 Å². The standard InChI is InChI=1S/C62H67B33O2/c63-26-3(6-13-8-10-18(36(73)32(13)69)42(79)50(87)44(81)20(10)40(77)38(75)16(8)34(71)30(6)67)1-2(5-12-7-9-17(35(72)31(12)68)41(78)49(86)43(80)19(9)39(76)37(74)15(7)33(70)29(5)66)4(14-27(64)22-24-47(84)51(88)53(90)57(94)61(24)96-59(22)55(92)45(14)82)11(26)21-28(65)23-25-48(85)52(89)54(91)58(95)62(25)97-60(23)56(93)46(21)83/h1H,63-95H2. The average molecular weight is 1200 g/mol. The van der Waals surface area contributed by atoms with Crippen LogP contribution in [0.25, 0.3) is 153 Å². The molecule has 0 aliphatic carbocycles. The van der Waals surface area contributed by atoms with Crippen molar-refractivity contribution in [2.45, 2.75) is 0 Å². The zero-order valence-electron chi connectivity index (χ0n) is 64.9. The lowest BCUT2D eigenvalue weighted by molar-refractivity contribution is 0.674. The van der Waals surface area contributed by atoms with E-state index in [-0.39, 0.29) is 0 Å². The van der Waals surface area contributed by atoms with E-state index in [9.17, 15) is 0 Å². The summed E-state index contributed by atoms with van der Waals surface area (Å²) in [6, 6.07) is 2.77. The van der Waals surface area contributed by atoms with E-state index in [0.29, 0.717) is 0 Å². The van der Waals surface area contributed by atoms with Gasteiger partial charge in [-0.2, -0.15) is 0 Å². The Hall–Kier alpha value is -6.32. The second-order valence-corrected chi connectivity index (χ2v) is 31.4. The first-order valence-electron chi connectivity index (χ1n) is 35.9. The van der Waals surface area contributed by atoms with Crippen LogP contribution < -0.4 is 180 Å². The van der Waals surface area contributed by atoms with Crippen molar-refractivity contribution in [1.82, 2.24) is 0 Å². The Kier molecular flexibility index (Phi) is 15.0. The molecule has 0 spiro atoms. The molecule has 0 saturated carbocycles. The van der Waals surface area contributed by atoms with E-state index in [4.69, 9.17) is 8.83 Å². The first kappa shape index (κ1) is 66.6. The number of hydrogen-bond donors (Lipinski definition) is 0. The first-order chi connectivity index (χ1) is 45.5. The maximum absolute atomic E-state index is 7.38. The molecule has 0 bridgehead atoms. The second kappa shape index (κ2) is 21.8. The molecule has 0 aliphatic rings.